The maximum Gasteiger partial charge on any atom is 0.330 e. The zero-order valence-corrected chi connectivity index (χ0v) is 11.7. The van der Waals surface area contributed by atoms with Gasteiger partial charge in [0.2, 0.25) is 0 Å². The molecule has 0 aromatic rings. The second kappa shape index (κ2) is 5.58. The van der Waals surface area contributed by atoms with E-state index in [0.717, 1.165) is 24.2 Å². The lowest BCUT2D eigenvalue weighted by atomic mass is 9.76. The minimum Gasteiger partial charge on any atom is -0.468 e. The molecule has 3 aliphatic carbocycles. The fourth-order valence-corrected chi connectivity index (χ4v) is 5.08. The average Bonchev–Trinajstić information content (AvgIpc) is 3.12. The van der Waals surface area contributed by atoms with Gasteiger partial charge in [-0.1, -0.05) is 6.58 Å². The van der Waals surface area contributed by atoms with Gasteiger partial charge in [0, 0.05) is 6.08 Å². The smallest absolute Gasteiger partial charge is 0.330 e. The van der Waals surface area contributed by atoms with Crippen molar-refractivity contribution in [1.82, 2.24) is 0 Å². The lowest BCUT2D eigenvalue weighted by molar-refractivity contribution is -0.139. The van der Waals surface area contributed by atoms with Crippen LogP contribution in [0.2, 0.25) is 0 Å². The number of carbonyl (C=O) groups excluding carboxylic acids is 2. The molecule has 3 aliphatic rings. The van der Waals surface area contributed by atoms with Crippen LogP contribution in [0.4, 0.5) is 0 Å². The quantitative estimate of drug-likeness (QED) is 0.424. The van der Waals surface area contributed by atoms with Crippen LogP contribution in [0.3, 0.4) is 0 Å². The molecule has 6 atom stereocenters. The van der Waals surface area contributed by atoms with E-state index in [0.29, 0.717) is 37.4 Å². The molecule has 0 heterocycles. The highest BCUT2D eigenvalue weighted by atomic mass is 16.5. The molecule has 0 aliphatic heterocycles. The van der Waals surface area contributed by atoms with E-state index >= 15 is 0 Å². The summed E-state index contributed by atoms with van der Waals surface area (Å²) < 4.78 is 10.2. The van der Waals surface area contributed by atoms with Crippen LogP contribution in [-0.2, 0) is 19.1 Å². The SMILES string of the molecule is C=CC(=O)OCC1CC2C3CC(COC=O)C(C3)C2C1. The lowest BCUT2D eigenvalue weighted by Gasteiger charge is -2.30. The molecular formula is C16H22O4. The molecule has 2 bridgehead atoms. The van der Waals surface area contributed by atoms with Gasteiger partial charge in [0.1, 0.15) is 0 Å². The second-order valence-electron chi connectivity index (χ2n) is 6.58. The molecular weight excluding hydrogens is 256 g/mol. The van der Waals surface area contributed by atoms with E-state index in [-0.39, 0.29) is 5.97 Å². The maximum absolute atomic E-state index is 11.1. The Labute approximate surface area is 119 Å². The first-order valence-corrected chi connectivity index (χ1v) is 7.57. The van der Waals surface area contributed by atoms with Gasteiger partial charge in [-0.05, 0) is 61.2 Å². The molecule has 3 fully saturated rings. The summed E-state index contributed by atoms with van der Waals surface area (Å²) in [7, 11) is 0. The van der Waals surface area contributed by atoms with Crippen molar-refractivity contribution >= 4 is 12.4 Å². The number of ether oxygens (including phenoxy) is 2. The zero-order valence-electron chi connectivity index (χ0n) is 11.7. The number of hydrogen-bond donors (Lipinski definition) is 0. The highest BCUT2D eigenvalue weighted by Gasteiger charge is 2.55. The van der Waals surface area contributed by atoms with E-state index in [1.165, 1.54) is 25.3 Å². The summed E-state index contributed by atoms with van der Waals surface area (Å²) in [5.41, 5.74) is 0. The summed E-state index contributed by atoms with van der Waals surface area (Å²) in [5.74, 6) is 3.81. The van der Waals surface area contributed by atoms with Crippen LogP contribution >= 0.6 is 0 Å². The Balaban J connectivity index is 1.53. The molecule has 0 spiro atoms. The van der Waals surface area contributed by atoms with Crippen molar-refractivity contribution in [2.75, 3.05) is 13.2 Å². The monoisotopic (exact) mass is 278 g/mol. The van der Waals surface area contributed by atoms with Crippen LogP contribution in [-0.4, -0.2) is 25.7 Å². The van der Waals surface area contributed by atoms with Gasteiger partial charge in [0.25, 0.3) is 6.47 Å². The molecule has 0 aromatic heterocycles. The summed E-state index contributed by atoms with van der Waals surface area (Å²) in [4.78, 5) is 21.5. The Morgan fingerprint density at radius 3 is 2.65 bits per heavy atom. The number of carbonyl (C=O) groups is 2. The van der Waals surface area contributed by atoms with Gasteiger partial charge >= 0.3 is 5.97 Å². The Morgan fingerprint density at radius 1 is 1.10 bits per heavy atom. The van der Waals surface area contributed by atoms with Crippen molar-refractivity contribution in [2.45, 2.75) is 25.7 Å². The first-order chi connectivity index (χ1) is 9.72. The minimum atomic E-state index is -0.317. The zero-order chi connectivity index (χ0) is 14.1. The largest absolute Gasteiger partial charge is 0.468 e. The molecule has 0 amide bonds. The van der Waals surface area contributed by atoms with E-state index < -0.39 is 0 Å². The van der Waals surface area contributed by atoms with Gasteiger partial charge in [-0.25, -0.2) is 4.79 Å². The molecule has 3 saturated carbocycles. The molecule has 20 heavy (non-hydrogen) atoms. The van der Waals surface area contributed by atoms with Gasteiger partial charge < -0.3 is 9.47 Å². The standard InChI is InChI=1S/C16H22O4/c1-2-16(18)20-7-10-3-13-11-5-12(8-19-9-17)14(6-11)15(13)4-10/h2,9-15H,1,3-8H2. The van der Waals surface area contributed by atoms with Crippen molar-refractivity contribution in [3.63, 3.8) is 0 Å². The van der Waals surface area contributed by atoms with Gasteiger partial charge in [-0.15, -0.1) is 0 Å². The molecule has 3 rings (SSSR count). The van der Waals surface area contributed by atoms with Crippen LogP contribution in [0.5, 0.6) is 0 Å². The molecule has 0 saturated heterocycles. The number of esters is 1. The predicted octanol–water partition coefficient (Wildman–Crippen LogP) is 2.19. The first kappa shape index (κ1) is 13.7. The van der Waals surface area contributed by atoms with Crippen LogP contribution in [0.25, 0.3) is 0 Å². The summed E-state index contributed by atoms with van der Waals surface area (Å²) in [5, 5.41) is 0. The highest BCUT2D eigenvalue weighted by Crippen LogP contribution is 2.62. The van der Waals surface area contributed by atoms with E-state index in [1.807, 2.05) is 0 Å². The molecule has 4 nitrogen and oxygen atoms in total. The first-order valence-electron chi connectivity index (χ1n) is 7.57. The lowest BCUT2D eigenvalue weighted by Crippen LogP contribution is -2.27. The normalized spacial score (nSPS) is 41.2. The molecule has 0 N–H and O–H groups in total. The number of fused-ring (bicyclic) bond motifs is 5. The van der Waals surface area contributed by atoms with Gasteiger partial charge in [-0.2, -0.15) is 0 Å². The van der Waals surface area contributed by atoms with Crippen LogP contribution < -0.4 is 0 Å². The Kier molecular flexibility index (Phi) is 3.81. The topological polar surface area (TPSA) is 52.6 Å². The Morgan fingerprint density at radius 2 is 1.90 bits per heavy atom. The third-order valence-corrected chi connectivity index (χ3v) is 5.71. The summed E-state index contributed by atoms with van der Waals surface area (Å²) in [6.07, 6.45) is 6.10. The molecule has 110 valence electrons. The van der Waals surface area contributed by atoms with Crippen LogP contribution in [0.15, 0.2) is 12.7 Å². The highest BCUT2D eigenvalue weighted by molar-refractivity contribution is 5.81. The Bertz CT molecular complexity index is 405. The number of hydrogen-bond acceptors (Lipinski definition) is 4. The van der Waals surface area contributed by atoms with Crippen LogP contribution in [0, 0.1) is 35.5 Å². The number of rotatable bonds is 6. The van der Waals surface area contributed by atoms with Crippen molar-refractivity contribution in [3.05, 3.63) is 12.7 Å². The maximum atomic E-state index is 11.1. The molecule has 0 radical (unpaired) electrons. The van der Waals surface area contributed by atoms with Crippen LogP contribution in [0.1, 0.15) is 25.7 Å². The molecule has 0 aromatic carbocycles. The summed E-state index contributed by atoms with van der Waals surface area (Å²) >= 11 is 0. The van der Waals surface area contributed by atoms with E-state index in [2.05, 4.69) is 6.58 Å². The third kappa shape index (κ3) is 2.36. The summed E-state index contributed by atoms with van der Waals surface area (Å²) in [6.45, 7) is 5.11. The minimum absolute atomic E-state index is 0.317. The van der Waals surface area contributed by atoms with E-state index in [9.17, 15) is 9.59 Å². The van der Waals surface area contributed by atoms with E-state index in [4.69, 9.17) is 9.47 Å². The predicted molar refractivity (Wildman–Crippen MR) is 72.6 cm³/mol. The third-order valence-electron chi connectivity index (χ3n) is 5.71. The summed E-state index contributed by atoms with van der Waals surface area (Å²) in [6, 6.07) is 0. The average molecular weight is 278 g/mol. The Hall–Kier alpha value is -1.32. The van der Waals surface area contributed by atoms with Crippen molar-refractivity contribution < 1.29 is 19.1 Å². The van der Waals surface area contributed by atoms with Crippen molar-refractivity contribution in [2.24, 2.45) is 35.5 Å². The van der Waals surface area contributed by atoms with Crippen molar-refractivity contribution in [3.8, 4) is 0 Å². The fourth-order valence-electron chi connectivity index (χ4n) is 5.08. The van der Waals surface area contributed by atoms with E-state index in [1.54, 1.807) is 0 Å². The molecule has 6 unspecified atom stereocenters. The molecule has 4 heteroatoms. The second-order valence-corrected chi connectivity index (χ2v) is 6.58. The fraction of sp³-hybridized carbons (Fsp3) is 0.750. The van der Waals surface area contributed by atoms with Gasteiger partial charge in [0.15, 0.2) is 0 Å². The van der Waals surface area contributed by atoms with Gasteiger partial charge in [0.05, 0.1) is 13.2 Å². The van der Waals surface area contributed by atoms with Gasteiger partial charge in [-0.3, -0.25) is 4.79 Å². The van der Waals surface area contributed by atoms with Crippen molar-refractivity contribution in [1.29, 1.82) is 0 Å².